The number of aromatic nitrogens is 2. The number of hydrogen-bond donors (Lipinski definition) is 1. The van der Waals surface area contributed by atoms with Gasteiger partial charge in [-0.05, 0) is 25.0 Å². The Kier molecular flexibility index (Phi) is 4.20. The molecule has 122 valence electrons. The van der Waals surface area contributed by atoms with Crippen LogP contribution in [0.15, 0.2) is 30.6 Å². The summed E-state index contributed by atoms with van der Waals surface area (Å²) >= 11 is 0. The number of nitrogens with zero attached hydrogens (tertiary/aromatic N) is 3. The van der Waals surface area contributed by atoms with Gasteiger partial charge in [0.05, 0.1) is 5.52 Å². The van der Waals surface area contributed by atoms with Crippen LogP contribution in [-0.2, 0) is 4.79 Å². The van der Waals surface area contributed by atoms with Gasteiger partial charge in [0.1, 0.15) is 12.1 Å². The Bertz CT molecular complexity index is 694. The predicted octanol–water partition coefficient (Wildman–Crippen LogP) is 3.08. The number of rotatable bonds is 2. The van der Waals surface area contributed by atoms with Crippen molar-refractivity contribution in [2.24, 2.45) is 5.41 Å². The molecule has 23 heavy (non-hydrogen) atoms. The van der Waals surface area contributed by atoms with Gasteiger partial charge in [-0.1, -0.05) is 32.9 Å². The summed E-state index contributed by atoms with van der Waals surface area (Å²) in [7, 11) is 0. The van der Waals surface area contributed by atoms with Gasteiger partial charge in [0.2, 0.25) is 5.91 Å². The normalized spacial score (nSPS) is 16.6. The maximum absolute atomic E-state index is 12.3. The summed E-state index contributed by atoms with van der Waals surface area (Å²) in [5, 5.41) is 4.58. The fourth-order valence-electron chi connectivity index (χ4n) is 3.01. The lowest BCUT2D eigenvalue weighted by atomic mass is 9.93. The first-order chi connectivity index (χ1) is 10.9. The van der Waals surface area contributed by atoms with Gasteiger partial charge in [-0.3, -0.25) is 4.79 Å². The Hall–Kier alpha value is -2.17. The number of likely N-dealkylation sites (tertiary alicyclic amines) is 1. The molecule has 0 bridgehead atoms. The molecule has 0 radical (unpaired) electrons. The molecule has 0 atom stereocenters. The molecule has 0 aliphatic carbocycles. The molecule has 0 saturated carbocycles. The average Bonchev–Trinajstić information content (AvgIpc) is 2.54. The van der Waals surface area contributed by atoms with Gasteiger partial charge < -0.3 is 10.2 Å². The minimum absolute atomic E-state index is 0.239. The van der Waals surface area contributed by atoms with Crippen molar-refractivity contribution in [2.45, 2.75) is 39.7 Å². The zero-order valence-corrected chi connectivity index (χ0v) is 14.0. The van der Waals surface area contributed by atoms with Crippen molar-refractivity contribution in [3.8, 4) is 0 Å². The SMILES string of the molecule is CC(C)(C)C(=O)N1CCC(Nc2ncnc3ccccc23)CC1. The van der Waals surface area contributed by atoms with Crippen LogP contribution in [0, 0.1) is 5.41 Å². The summed E-state index contributed by atoms with van der Waals surface area (Å²) in [6.07, 6.45) is 3.49. The number of anilines is 1. The summed E-state index contributed by atoms with van der Waals surface area (Å²) in [6, 6.07) is 8.36. The highest BCUT2D eigenvalue weighted by Gasteiger charge is 2.30. The third kappa shape index (κ3) is 3.44. The monoisotopic (exact) mass is 312 g/mol. The number of para-hydroxylation sites is 1. The third-order valence-corrected chi connectivity index (χ3v) is 4.31. The van der Waals surface area contributed by atoms with Crippen molar-refractivity contribution in [2.75, 3.05) is 18.4 Å². The number of nitrogens with one attached hydrogen (secondary N) is 1. The van der Waals surface area contributed by atoms with Crippen LogP contribution in [0.5, 0.6) is 0 Å². The van der Waals surface area contributed by atoms with E-state index in [9.17, 15) is 4.79 Å². The largest absolute Gasteiger partial charge is 0.367 e. The van der Waals surface area contributed by atoms with E-state index in [1.807, 2.05) is 49.9 Å². The fourth-order valence-corrected chi connectivity index (χ4v) is 3.01. The molecule has 1 aromatic heterocycles. The van der Waals surface area contributed by atoms with E-state index in [4.69, 9.17) is 0 Å². The first kappa shape index (κ1) is 15.7. The quantitative estimate of drug-likeness (QED) is 0.926. The van der Waals surface area contributed by atoms with Crippen molar-refractivity contribution in [3.63, 3.8) is 0 Å². The highest BCUT2D eigenvalue weighted by molar-refractivity contribution is 5.88. The van der Waals surface area contributed by atoms with Crippen molar-refractivity contribution >= 4 is 22.6 Å². The van der Waals surface area contributed by atoms with Crippen LogP contribution >= 0.6 is 0 Å². The molecular formula is C18H24N4O. The zero-order valence-electron chi connectivity index (χ0n) is 14.0. The zero-order chi connectivity index (χ0) is 16.4. The highest BCUT2D eigenvalue weighted by Crippen LogP contribution is 2.24. The van der Waals surface area contributed by atoms with Crippen LogP contribution in [0.25, 0.3) is 10.9 Å². The molecule has 1 fully saturated rings. The maximum Gasteiger partial charge on any atom is 0.227 e. The molecular weight excluding hydrogens is 288 g/mol. The summed E-state index contributed by atoms with van der Waals surface area (Å²) in [5.41, 5.74) is 0.647. The number of carbonyl (C=O) groups is 1. The van der Waals surface area contributed by atoms with E-state index in [1.54, 1.807) is 6.33 Å². The standard InChI is InChI=1S/C18H24N4O/c1-18(2,3)17(23)22-10-8-13(9-11-22)21-16-14-6-4-5-7-15(14)19-12-20-16/h4-7,12-13H,8-11H2,1-3H3,(H,19,20,21). The molecule has 1 N–H and O–H groups in total. The van der Waals surface area contributed by atoms with Gasteiger partial charge in [0, 0.05) is 29.9 Å². The third-order valence-electron chi connectivity index (χ3n) is 4.31. The Balaban J connectivity index is 1.66. The van der Waals surface area contributed by atoms with Crippen molar-refractivity contribution in [1.82, 2.24) is 14.9 Å². The van der Waals surface area contributed by atoms with E-state index < -0.39 is 0 Å². The Morgan fingerprint density at radius 3 is 2.57 bits per heavy atom. The molecule has 2 heterocycles. The maximum atomic E-state index is 12.3. The molecule has 2 aromatic rings. The molecule has 1 aliphatic heterocycles. The van der Waals surface area contributed by atoms with Crippen LogP contribution < -0.4 is 5.32 Å². The van der Waals surface area contributed by atoms with Crippen LogP contribution in [0.2, 0.25) is 0 Å². The topological polar surface area (TPSA) is 58.1 Å². The lowest BCUT2D eigenvalue weighted by Gasteiger charge is -2.36. The second-order valence-corrected chi connectivity index (χ2v) is 7.20. The lowest BCUT2D eigenvalue weighted by Crippen LogP contribution is -2.46. The molecule has 1 aromatic carbocycles. The van der Waals surface area contributed by atoms with E-state index in [0.717, 1.165) is 42.7 Å². The second-order valence-electron chi connectivity index (χ2n) is 7.20. The Morgan fingerprint density at radius 2 is 1.87 bits per heavy atom. The van der Waals surface area contributed by atoms with Gasteiger partial charge in [-0.2, -0.15) is 0 Å². The number of hydrogen-bond acceptors (Lipinski definition) is 4. The molecule has 0 unspecified atom stereocenters. The number of piperidine rings is 1. The Labute approximate surface area is 137 Å². The van der Waals surface area contributed by atoms with Crippen LogP contribution in [-0.4, -0.2) is 39.9 Å². The van der Waals surface area contributed by atoms with Gasteiger partial charge >= 0.3 is 0 Å². The van der Waals surface area contributed by atoms with Crippen molar-refractivity contribution in [3.05, 3.63) is 30.6 Å². The summed E-state index contributed by atoms with van der Waals surface area (Å²) in [4.78, 5) is 23.0. The number of fused-ring (bicyclic) bond motifs is 1. The summed E-state index contributed by atoms with van der Waals surface area (Å²) < 4.78 is 0. The van der Waals surface area contributed by atoms with E-state index in [1.165, 1.54) is 0 Å². The van der Waals surface area contributed by atoms with Crippen LogP contribution in [0.1, 0.15) is 33.6 Å². The van der Waals surface area contributed by atoms with Crippen molar-refractivity contribution < 1.29 is 4.79 Å². The van der Waals surface area contributed by atoms with E-state index in [0.29, 0.717) is 6.04 Å². The molecule has 5 heteroatoms. The Morgan fingerprint density at radius 1 is 1.17 bits per heavy atom. The molecule has 1 saturated heterocycles. The van der Waals surface area contributed by atoms with Gasteiger partial charge in [-0.15, -0.1) is 0 Å². The molecule has 3 rings (SSSR count). The van der Waals surface area contributed by atoms with E-state index in [2.05, 4.69) is 15.3 Å². The highest BCUT2D eigenvalue weighted by atomic mass is 16.2. The van der Waals surface area contributed by atoms with Gasteiger partial charge in [0.15, 0.2) is 0 Å². The van der Waals surface area contributed by atoms with Gasteiger partial charge in [-0.25, -0.2) is 9.97 Å². The smallest absolute Gasteiger partial charge is 0.227 e. The average molecular weight is 312 g/mol. The molecule has 5 nitrogen and oxygen atoms in total. The fraction of sp³-hybridized carbons (Fsp3) is 0.500. The van der Waals surface area contributed by atoms with Crippen LogP contribution in [0.3, 0.4) is 0 Å². The molecule has 1 amide bonds. The summed E-state index contributed by atoms with van der Waals surface area (Å²) in [6.45, 7) is 7.54. The first-order valence-electron chi connectivity index (χ1n) is 8.21. The van der Waals surface area contributed by atoms with Crippen LogP contribution in [0.4, 0.5) is 5.82 Å². The van der Waals surface area contributed by atoms with E-state index in [-0.39, 0.29) is 11.3 Å². The second kappa shape index (κ2) is 6.14. The van der Waals surface area contributed by atoms with Crippen molar-refractivity contribution in [1.29, 1.82) is 0 Å². The van der Waals surface area contributed by atoms with E-state index >= 15 is 0 Å². The lowest BCUT2D eigenvalue weighted by molar-refractivity contribution is -0.140. The predicted molar refractivity (Wildman–Crippen MR) is 92.2 cm³/mol. The van der Waals surface area contributed by atoms with Gasteiger partial charge in [0.25, 0.3) is 0 Å². The number of amides is 1. The molecule has 1 aliphatic rings. The molecule has 0 spiro atoms. The number of carbonyl (C=O) groups excluding carboxylic acids is 1. The minimum atomic E-state index is -0.302. The first-order valence-corrected chi connectivity index (χ1v) is 8.21. The number of benzene rings is 1. The summed E-state index contributed by atoms with van der Waals surface area (Å²) in [5.74, 6) is 1.12. The minimum Gasteiger partial charge on any atom is -0.367 e.